The predicted octanol–water partition coefficient (Wildman–Crippen LogP) is 2.25. The monoisotopic (exact) mass is 328 g/mol. The number of rotatable bonds is 7. The van der Waals surface area contributed by atoms with Crippen molar-refractivity contribution in [2.75, 3.05) is 25.5 Å². The van der Waals surface area contributed by atoms with E-state index in [2.05, 4.69) is 10.3 Å². The molecule has 0 aliphatic heterocycles. The third-order valence-electron chi connectivity index (χ3n) is 3.63. The Balaban J connectivity index is 2.01. The quantitative estimate of drug-likeness (QED) is 0.846. The van der Waals surface area contributed by atoms with Crippen LogP contribution >= 0.6 is 11.3 Å². The zero-order chi connectivity index (χ0) is 15.0. The Hall–Kier alpha value is -1.12. The molecule has 2 aromatic rings. The summed E-state index contributed by atoms with van der Waals surface area (Å²) in [6.07, 6.45) is 4.94. The second-order valence-corrected chi connectivity index (χ2v) is 8.31. The van der Waals surface area contributed by atoms with Gasteiger partial charge >= 0.3 is 0 Å². The summed E-state index contributed by atoms with van der Waals surface area (Å²) in [5.74, 6) is 0.981. The van der Waals surface area contributed by atoms with E-state index in [1.54, 1.807) is 17.6 Å². The Morgan fingerprint density at radius 2 is 2.29 bits per heavy atom. The molecule has 1 N–H and O–H groups in total. The predicted molar refractivity (Wildman–Crippen MR) is 84.4 cm³/mol. The molecular weight excluding hydrogens is 308 g/mol. The maximum absolute atomic E-state index is 12.9. The van der Waals surface area contributed by atoms with Crippen molar-refractivity contribution in [2.45, 2.75) is 31.2 Å². The van der Waals surface area contributed by atoms with Gasteiger partial charge in [-0.3, -0.25) is 4.40 Å². The van der Waals surface area contributed by atoms with Crippen LogP contribution in [-0.2, 0) is 10.0 Å². The summed E-state index contributed by atoms with van der Waals surface area (Å²) in [4.78, 5) is 5.12. The average molecular weight is 328 g/mol. The largest absolute Gasteiger partial charge is 0.368 e. The van der Waals surface area contributed by atoms with Crippen LogP contribution in [0.5, 0.6) is 0 Å². The number of aromatic nitrogens is 2. The van der Waals surface area contributed by atoms with Crippen LogP contribution in [0.15, 0.2) is 16.6 Å². The van der Waals surface area contributed by atoms with Crippen molar-refractivity contribution in [1.82, 2.24) is 13.7 Å². The van der Waals surface area contributed by atoms with Gasteiger partial charge in [-0.15, -0.1) is 11.3 Å². The van der Waals surface area contributed by atoms with Crippen molar-refractivity contribution in [1.29, 1.82) is 0 Å². The molecule has 1 aliphatic rings. The first-order valence-corrected chi connectivity index (χ1v) is 9.51. The molecule has 8 heteroatoms. The van der Waals surface area contributed by atoms with Gasteiger partial charge < -0.3 is 5.32 Å². The van der Waals surface area contributed by atoms with Gasteiger partial charge in [0, 0.05) is 31.7 Å². The molecule has 0 amide bonds. The number of hydrogen-bond donors (Lipinski definition) is 1. The number of anilines is 1. The number of sulfonamides is 1. The van der Waals surface area contributed by atoms with Crippen LogP contribution in [0.2, 0.25) is 0 Å². The Bertz CT molecular complexity index is 731. The van der Waals surface area contributed by atoms with Crippen molar-refractivity contribution in [2.24, 2.45) is 5.92 Å². The highest BCUT2D eigenvalue weighted by molar-refractivity contribution is 7.89. The van der Waals surface area contributed by atoms with Gasteiger partial charge in [-0.05, 0) is 25.2 Å². The number of nitrogens with zero attached hydrogens (tertiary/aromatic N) is 3. The first-order chi connectivity index (χ1) is 10.0. The molecule has 1 aliphatic carbocycles. The van der Waals surface area contributed by atoms with Crippen molar-refractivity contribution in [3.05, 3.63) is 11.6 Å². The second-order valence-electron chi connectivity index (χ2n) is 5.48. The summed E-state index contributed by atoms with van der Waals surface area (Å²) in [6, 6.07) is 0. The summed E-state index contributed by atoms with van der Waals surface area (Å²) in [7, 11) is -1.87. The molecule has 0 spiro atoms. The van der Waals surface area contributed by atoms with E-state index in [-0.39, 0.29) is 5.03 Å². The van der Waals surface area contributed by atoms with E-state index in [4.69, 9.17) is 0 Å². The Morgan fingerprint density at radius 1 is 1.52 bits per heavy atom. The molecule has 2 aromatic heterocycles. The maximum Gasteiger partial charge on any atom is 0.262 e. The van der Waals surface area contributed by atoms with Gasteiger partial charge in [-0.25, -0.2) is 13.4 Å². The smallest absolute Gasteiger partial charge is 0.262 e. The first-order valence-electron chi connectivity index (χ1n) is 7.19. The van der Waals surface area contributed by atoms with Crippen LogP contribution in [0.3, 0.4) is 0 Å². The fraction of sp³-hybridized carbons (Fsp3) is 0.615. The second kappa shape index (κ2) is 5.58. The van der Waals surface area contributed by atoms with Gasteiger partial charge in [0.2, 0.25) is 0 Å². The first kappa shape index (κ1) is 14.8. The summed E-state index contributed by atoms with van der Waals surface area (Å²) in [6.45, 7) is 3.34. The van der Waals surface area contributed by atoms with Crippen molar-refractivity contribution >= 4 is 32.1 Å². The molecule has 116 valence electrons. The minimum absolute atomic E-state index is 0.260. The number of thiazole rings is 1. The minimum Gasteiger partial charge on any atom is -0.368 e. The molecule has 0 atom stereocenters. The normalized spacial score (nSPS) is 16.0. The molecule has 0 bridgehead atoms. The highest BCUT2D eigenvalue weighted by atomic mass is 32.2. The highest BCUT2D eigenvalue weighted by Gasteiger charge is 2.33. The van der Waals surface area contributed by atoms with Crippen molar-refractivity contribution in [3.8, 4) is 0 Å². The topological polar surface area (TPSA) is 66.7 Å². The van der Waals surface area contributed by atoms with Gasteiger partial charge in [-0.2, -0.15) is 4.31 Å². The zero-order valence-electron chi connectivity index (χ0n) is 12.2. The van der Waals surface area contributed by atoms with Gasteiger partial charge in [0.1, 0.15) is 0 Å². The Morgan fingerprint density at radius 3 is 2.95 bits per heavy atom. The summed E-state index contributed by atoms with van der Waals surface area (Å²) in [5, 5.41) is 5.25. The maximum atomic E-state index is 12.9. The van der Waals surface area contributed by atoms with Gasteiger partial charge in [0.05, 0.1) is 0 Å². The molecule has 1 fully saturated rings. The lowest BCUT2D eigenvalue weighted by Gasteiger charge is -2.17. The summed E-state index contributed by atoms with van der Waals surface area (Å²) in [5.41, 5.74) is 0. The molecule has 1 saturated carbocycles. The molecule has 2 heterocycles. The SMILES string of the molecule is CCCNc1nc2sccn2c1S(=O)(=O)N(C)CC1CC1. The van der Waals surface area contributed by atoms with Gasteiger partial charge in [0.25, 0.3) is 10.0 Å². The van der Waals surface area contributed by atoms with Crippen LogP contribution in [0.4, 0.5) is 5.82 Å². The van der Waals surface area contributed by atoms with Crippen LogP contribution in [-0.4, -0.2) is 42.2 Å². The Labute approximate surface area is 128 Å². The highest BCUT2D eigenvalue weighted by Crippen LogP contribution is 2.33. The molecule has 0 unspecified atom stereocenters. The van der Waals surface area contributed by atoms with E-state index >= 15 is 0 Å². The fourth-order valence-corrected chi connectivity index (χ4v) is 4.51. The Kier molecular flexibility index (Phi) is 3.94. The van der Waals surface area contributed by atoms with Gasteiger partial charge in [-0.1, -0.05) is 6.92 Å². The van der Waals surface area contributed by atoms with Crippen LogP contribution in [0, 0.1) is 5.92 Å². The average Bonchev–Trinajstić information content (AvgIpc) is 3.01. The number of nitrogens with one attached hydrogen (secondary N) is 1. The van der Waals surface area contributed by atoms with E-state index in [0.717, 1.165) is 19.3 Å². The minimum atomic E-state index is -3.53. The van der Waals surface area contributed by atoms with Gasteiger partial charge in [0.15, 0.2) is 15.8 Å². The summed E-state index contributed by atoms with van der Waals surface area (Å²) >= 11 is 1.44. The molecule has 6 nitrogen and oxygen atoms in total. The molecule has 0 radical (unpaired) electrons. The van der Waals surface area contributed by atoms with E-state index in [1.165, 1.54) is 15.6 Å². The number of hydrogen-bond acceptors (Lipinski definition) is 5. The lowest BCUT2D eigenvalue weighted by Crippen LogP contribution is -2.30. The molecule has 0 aromatic carbocycles. The molecule has 21 heavy (non-hydrogen) atoms. The lowest BCUT2D eigenvalue weighted by atomic mass is 10.4. The molecule has 3 rings (SSSR count). The van der Waals surface area contributed by atoms with E-state index in [9.17, 15) is 8.42 Å². The molecular formula is C13H20N4O2S2. The zero-order valence-corrected chi connectivity index (χ0v) is 13.9. The van der Waals surface area contributed by atoms with Crippen molar-refractivity contribution in [3.63, 3.8) is 0 Å². The number of fused-ring (bicyclic) bond motifs is 1. The van der Waals surface area contributed by atoms with Crippen molar-refractivity contribution < 1.29 is 8.42 Å². The number of imidazole rings is 1. The molecule has 0 saturated heterocycles. The van der Waals surface area contributed by atoms with E-state index in [0.29, 0.717) is 29.8 Å². The third-order valence-corrected chi connectivity index (χ3v) is 6.23. The van der Waals surface area contributed by atoms with Crippen LogP contribution < -0.4 is 5.32 Å². The fourth-order valence-electron chi connectivity index (χ4n) is 2.28. The van der Waals surface area contributed by atoms with E-state index < -0.39 is 10.0 Å². The third kappa shape index (κ3) is 2.79. The standard InChI is InChI=1S/C13H20N4O2S2/c1-3-6-14-11-12(17-7-8-20-13(17)15-11)21(18,19)16(2)9-10-4-5-10/h7-8,10,14H,3-6,9H2,1-2H3. The lowest BCUT2D eigenvalue weighted by molar-refractivity contribution is 0.450. The van der Waals surface area contributed by atoms with E-state index in [1.807, 2.05) is 12.3 Å². The van der Waals surface area contributed by atoms with Crippen LogP contribution in [0.25, 0.3) is 4.96 Å². The summed E-state index contributed by atoms with van der Waals surface area (Å²) < 4.78 is 28.9. The van der Waals surface area contributed by atoms with Crippen LogP contribution in [0.1, 0.15) is 26.2 Å².